The van der Waals surface area contributed by atoms with Crippen molar-refractivity contribution in [2.45, 2.75) is 0 Å². The molecule has 244 valence electrons. The van der Waals surface area contributed by atoms with Crippen molar-refractivity contribution in [3.8, 4) is 33.4 Å². The first kappa shape index (κ1) is 30.0. The SMILES string of the molecule is c1ccc(-c2ccc(N(c3ccc(-c4cccc5ccccc45)cc3)c3ccc(-c4cc5oc6ccccc6c5c5ccccc45)cc3)cc2)cc1. The number of para-hydroxylation sites is 1. The van der Waals surface area contributed by atoms with Gasteiger partial charge in [-0.3, -0.25) is 0 Å². The van der Waals surface area contributed by atoms with Gasteiger partial charge in [0.1, 0.15) is 11.2 Å². The van der Waals surface area contributed by atoms with E-state index in [4.69, 9.17) is 4.42 Å². The molecular weight excluding hydrogens is 631 g/mol. The number of hydrogen-bond acceptors (Lipinski definition) is 2. The number of benzene rings is 9. The van der Waals surface area contributed by atoms with Crippen molar-refractivity contribution >= 4 is 60.5 Å². The molecule has 0 bridgehead atoms. The summed E-state index contributed by atoms with van der Waals surface area (Å²) >= 11 is 0. The Kier molecular flexibility index (Phi) is 7.18. The molecule has 0 saturated heterocycles. The van der Waals surface area contributed by atoms with E-state index in [0.717, 1.165) is 44.7 Å². The molecule has 0 aliphatic rings. The monoisotopic (exact) mass is 663 g/mol. The third-order valence-corrected chi connectivity index (χ3v) is 10.3. The zero-order chi connectivity index (χ0) is 34.4. The summed E-state index contributed by atoms with van der Waals surface area (Å²) in [6, 6.07) is 71.6. The smallest absolute Gasteiger partial charge is 0.136 e. The predicted octanol–water partition coefficient (Wildman–Crippen LogP) is 14.4. The molecule has 0 fully saturated rings. The van der Waals surface area contributed by atoms with Gasteiger partial charge < -0.3 is 9.32 Å². The Hall–Kier alpha value is -6.90. The molecule has 2 heteroatoms. The van der Waals surface area contributed by atoms with E-state index in [1.807, 2.05) is 12.1 Å². The minimum atomic E-state index is 0.908. The second-order valence-corrected chi connectivity index (χ2v) is 13.3. The Morgan fingerprint density at radius 1 is 0.308 bits per heavy atom. The van der Waals surface area contributed by atoms with E-state index in [0.29, 0.717) is 0 Å². The average molecular weight is 664 g/mol. The molecule has 0 radical (unpaired) electrons. The molecule has 0 spiro atoms. The quantitative estimate of drug-likeness (QED) is 0.176. The largest absolute Gasteiger partial charge is 0.456 e. The number of nitrogens with zero attached hydrogens (tertiary/aromatic N) is 1. The summed E-state index contributed by atoms with van der Waals surface area (Å²) in [5.41, 5.74) is 12.2. The van der Waals surface area contributed by atoms with Crippen LogP contribution in [0.25, 0.3) is 76.9 Å². The highest BCUT2D eigenvalue weighted by Gasteiger charge is 2.17. The molecule has 0 aliphatic heterocycles. The lowest BCUT2D eigenvalue weighted by molar-refractivity contribution is 0.669. The van der Waals surface area contributed by atoms with Crippen molar-refractivity contribution in [1.82, 2.24) is 0 Å². The lowest BCUT2D eigenvalue weighted by Crippen LogP contribution is -2.09. The predicted molar refractivity (Wildman–Crippen MR) is 220 cm³/mol. The van der Waals surface area contributed by atoms with Gasteiger partial charge in [0.15, 0.2) is 0 Å². The van der Waals surface area contributed by atoms with Gasteiger partial charge in [0.25, 0.3) is 0 Å². The van der Waals surface area contributed by atoms with E-state index in [-0.39, 0.29) is 0 Å². The average Bonchev–Trinajstić information content (AvgIpc) is 3.61. The summed E-state index contributed by atoms with van der Waals surface area (Å²) in [6.07, 6.45) is 0. The molecule has 0 aliphatic carbocycles. The first-order valence-corrected chi connectivity index (χ1v) is 17.8. The highest BCUT2D eigenvalue weighted by Crippen LogP contribution is 2.42. The maximum absolute atomic E-state index is 6.40. The zero-order valence-electron chi connectivity index (χ0n) is 28.4. The van der Waals surface area contributed by atoms with Crippen LogP contribution >= 0.6 is 0 Å². The van der Waals surface area contributed by atoms with Gasteiger partial charge in [-0.05, 0) is 103 Å². The topological polar surface area (TPSA) is 16.4 Å². The van der Waals surface area contributed by atoms with Gasteiger partial charge in [0.2, 0.25) is 0 Å². The van der Waals surface area contributed by atoms with E-state index in [9.17, 15) is 0 Å². The molecule has 1 aromatic heterocycles. The van der Waals surface area contributed by atoms with Crippen molar-refractivity contribution in [2.75, 3.05) is 4.90 Å². The van der Waals surface area contributed by atoms with Gasteiger partial charge in [0, 0.05) is 27.8 Å². The number of rotatable bonds is 6. The Morgan fingerprint density at radius 2 is 0.808 bits per heavy atom. The first-order chi connectivity index (χ1) is 25.8. The molecular formula is C50H33NO. The second kappa shape index (κ2) is 12.5. The van der Waals surface area contributed by atoms with Gasteiger partial charge in [-0.15, -0.1) is 0 Å². The molecule has 0 amide bonds. The van der Waals surface area contributed by atoms with E-state index in [1.165, 1.54) is 49.2 Å². The molecule has 52 heavy (non-hydrogen) atoms. The van der Waals surface area contributed by atoms with Gasteiger partial charge >= 0.3 is 0 Å². The highest BCUT2D eigenvalue weighted by atomic mass is 16.3. The second-order valence-electron chi connectivity index (χ2n) is 13.3. The summed E-state index contributed by atoms with van der Waals surface area (Å²) in [5, 5.41) is 7.24. The molecule has 0 N–H and O–H groups in total. The third kappa shape index (κ3) is 5.12. The van der Waals surface area contributed by atoms with Crippen LogP contribution in [0.3, 0.4) is 0 Å². The summed E-state index contributed by atoms with van der Waals surface area (Å²) in [6.45, 7) is 0. The Bertz CT molecular complexity index is 2860. The molecule has 0 unspecified atom stereocenters. The van der Waals surface area contributed by atoms with Crippen LogP contribution in [0.2, 0.25) is 0 Å². The number of furan rings is 1. The summed E-state index contributed by atoms with van der Waals surface area (Å²) < 4.78 is 6.40. The van der Waals surface area contributed by atoms with Gasteiger partial charge in [0.05, 0.1) is 0 Å². The van der Waals surface area contributed by atoms with E-state index in [1.54, 1.807) is 0 Å². The molecule has 1 heterocycles. The first-order valence-electron chi connectivity index (χ1n) is 17.8. The van der Waals surface area contributed by atoms with Crippen LogP contribution < -0.4 is 4.90 Å². The zero-order valence-corrected chi connectivity index (χ0v) is 28.4. The van der Waals surface area contributed by atoms with Crippen molar-refractivity contribution in [3.63, 3.8) is 0 Å². The van der Waals surface area contributed by atoms with Crippen LogP contribution in [0.4, 0.5) is 17.1 Å². The van der Waals surface area contributed by atoms with Crippen LogP contribution in [0, 0.1) is 0 Å². The van der Waals surface area contributed by atoms with Gasteiger partial charge in [-0.2, -0.15) is 0 Å². The van der Waals surface area contributed by atoms with E-state index < -0.39 is 0 Å². The molecule has 0 atom stereocenters. The minimum absolute atomic E-state index is 0.908. The minimum Gasteiger partial charge on any atom is -0.456 e. The Morgan fingerprint density at radius 3 is 1.50 bits per heavy atom. The van der Waals surface area contributed by atoms with Gasteiger partial charge in [-0.25, -0.2) is 0 Å². The van der Waals surface area contributed by atoms with E-state index >= 15 is 0 Å². The Balaban J connectivity index is 1.07. The van der Waals surface area contributed by atoms with Crippen LogP contribution in [-0.4, -0.2) is 0 Å². The van der Waals surface area contributed by atoms with E-state index in [2.05, 4.69) is 193 Å². The van der Waals surface area contributed by atoms with Crippen LogP contribution in [0.15, 0.2) is 205 Å². The van der Waals surface area contributed by atoms with Crippen LogP contribution in [0.1, 0.15) is 0 Å². The fourth-order valence-electron chi connectivity index (χ4n) is 7.77. The molecule has 9 aromatic carbocycles. The van der Waals surface area contributed by atoms with Crippen LogP contribution in [-0.2, 0) is 0 Å². The number of fused-ring (bicyclic) bond motifs is 6. The van der Waals surface area contributed by atoms with Crippen molar-refractivity contribution in [2.24, 2.45) is 0 Å². The van der Waals surface area contributed by atoms with Crippen molar-refractivity contribution < 1.29 is 4.42 Å². The number of hydrogen-bond donors (Lipinski definition) is 0. The molecule has 10 rings (SSSR count). The fraction of sp³-hybridized carbons (Fsp3) is 0. The maximum atomic E-state index is 6.40. The molecule has 2 nitrogen and oxygen atoms in total. The standard InChI is InChI=1S/C50H33NO/c1-2-11-34(12-3-1)35-21-27-39(28-22-35)51(40-29-23-37(24-30-40)43-19-10-14-36-13-4-5-15-42(36)43)41-31-25-38(26-32-41)47-33-49-50(45-17-7-6-16-44(45)47)46-18-8-9-20-48(46)52-49/h1-33H. The van der Waals surface area contributed by atoms with Crippen molar-refractivity contribution in [3.05, 3.63) is 200 Å². The summed E-state index contributed by atoms with van der Waals surface area (Å²) in [7, 11) is 0. The summed E-state index contributed by atoms with van der Waals surface area (Å²) in [4.78, 5) is 2.34. The maximum Gasteiger partial charge on any atom is 0.136 e. The van der Waals surface area contributed by atoms with Crippen molar-refractivity contribution in [1.29, 1.82) is 0 Å². The Labute approximate surface area is 302 Å². The lowest BCUT2D eigenvalue weighted by atomic mass is 9.94. The highest BCUT2D eigenvalue weighted by molar-refractivity contribution is 6.22. The normalized spacial score (nSPS) is 11.5. The van der Waals surface area contributed by atoms with Gasteiger partial charge in [-0.1, -0.05) is 152 Å². The third-order valence-electron chi connectivity index (χ3n) is 10.3. The van der Waals surface area contributed by atoms with Crippen LogP contribution in [0.5, 0.6) is 0 Å². The molecule has 0 saturated carbocycles. The summed E-state index contributed by atoms with van der Waals surface area (Å²) in [5.74, 6) is 0. The fourth-order valence-corrected chi connectivity index (χ4v) is 7.77. The molecule has 10 aromatic rings. The lowest BCUT2D eigenvalue weighted by Gasteiger charge is -2.26. The number of anilines is 3.